The van der Waals surface area contributed by atoms with Crippen molar-refractivity contribution in [1.29, 1.82) is 0 Å². The predicted molar refractivity (Wildman–Crippen MR) is 98.7 cm³/mol. The lowest BCUT2D eigenvalue weighted by molar-refractivity contribution is -0.155. The van der Waals surface area contributed by atoms with Gasteiger partial charge in [0, 0.05) is 16.7 Å². The molecular formula is C19H25N3O4. The molecular weight excluding hydrogens is 334 g/mol. The van der Waals surface area contributed by atoms with Crippen LogP contribution in [0.5, 0.6) is 0 Å². The van der Waals surface area contributed by atoms with E-state index in [-0.39, 0.29) is 6.54 Å². The van der Waals surface area contributed by atoms with Gasteiger partial charge in [-0.05, 0) is 52.1 Å². The Morgan fingerprint density at radius 3 is 2.50 bits per heavy atom. The molecule has 7 nitrogen and oxygen atoms in total. The number of aryl methyl sites for hydroxylation is 1. The standard InChI is InChI=1S/C19H25N3O4/c1-12-10-14-8-6-7-9-15(14)22(12)11-16(23)26-13(2)17(24)20-18(25)21-19(3,4)5/h6-10,13H,11H2,1-5H3,(H2,20,21,24,25). The number of carbonyl (C=O) groups excluding carboxylic acids is 3. The number of nitrogens with zero attached hydrogens (tertiary/aromatic N) is 1. The molecule has 0 spiro atoms. The number of rotatable bonds is 4. The second kappa shape index (κ2) is 7.59. The Morgan fingerprint density at radius 1 is 1.19 bits per heavy atom. The first-order valence-corrected chi connectivity index (χ1v) is 8.44. The monoisotopic (exact) mass is 359 g/mol. The van der Waals surface area contributed by atoms with Crippen LogP contribution in [-0.2, 0) is 20.9 Å². The molecule has 1 atom stereocenters. The molecule has 0 aliphatic carbocycles. The summed E-state index contributed by atoms with van der Waals surface area (Å²) in [4.78, 5) is 35.9. The average molecular weight is 359 g/mol. The number of benzene rings is 1. The zero-order valence-corrected chi connectivity index (χ0v) is 15.8. The van der Waals surface area contributed by atoms with Crippen molar-refractivity contribution in [1.82, 2.24) is 15.2 Å². The number of urea groups is 1. The van der Waals surface area contributed by atoms with Crippen LogP contribution in [0, 0.1) is 6.92 Å². The average Bonchev–Trinajstić information content (AvgIpc) is 2.81. The van der Waals surface area contributed by atoms with Gasteiger partial charge in [-0.15, -0.1) is 0 Å². The minimum atomic E-state index is -1.07. The molecule has 1 unspecified atom stereocenters. The first kappa shape index (κ1) is 19.5. The third kappa shape index (κ3) is 5.08. The number of ether oxygens (including phenoxy) is 1. The number of para-hydroxylation sites is 1. The highest BCUT2D eigenvalue weighted by Crippen LogP contribution is 2.19. The quantitative estimate of drug-likeness (QED) is 0.821. The van der Waals surface area contributed by atoms with E-state index in [2.05, 4.69) is 10.6 Å². The molecule has 0 saturated carbocycles. The van der Waals surface area contributed by atoms with E-state index in [1.165, 1.54) is 6.92 Å². The normalized spacial score (nSPS) is 12.5. The van der Waals surface area contributed by atoms with Gasteiger partial charge in [0.25, 0.3) is 5.91 Å². The topological polar surface area (TPSA) is 89.4 Å². The van der Waals surface area contributed by atoms with Crippen molar-refractivity contribution in [3.05, 3.63) is 36.0 Å². The van der Waals surface area contributed by atoms with Crippen molar-refractivity contribution in [3.8, 4) is 0 Å². The van der Waals surface area contributed by atoms with Gasteiger partial charge in [-0.2, -0.15) is 0 Å². The van der Waals surface area contributed by atoms with E-state index in [0.29, 0.717) is 0 Å². The highest BCUT2D eigenvalue weighted by Gasteiger charge is 2.22. The summed E-state index contributed by atoms with van der Waals surface area (Å²) in [6, 6.07) is 9.07. The fourth-order valence-electron chi connectivity index (χ4n) is 2.56. The van der Waals surface area contributed by atoms with E-state index in [1.807, 2.05) is 41.8 Å². The zero-order valence-electron chi connectivity index (χ0n) is 15.8. The maximum Gasteiger partial charge on any atom is 0.326 e. The number of imide groups is 1. The molecule has 1 aromatic carbocycles. The highest BCUT2D eigenvalue weighted by atomic mass is 16.5. The number of hydrogen-bond acceptors (Lipinski definition) is 4. The number of aromatic nitrogens is 1. The fourth-order valence-corrected chi connectivity index (χ4v) is 2.56. The molecule has 0 bridgehead atoms. The lowest BCUT2D eigenvalue weighted by Crippen LogP contribution is -2.50. The summed E-state index contributed by atoms with van der Waals surface area (Å²) >= 11 is 0. The number of carbonyl (C=O) groups is 3. The molecule has 0 radical (unpaired) electrons. The summed E-state index contributed by atoms with van der Waals surface area (Å²) in [7, 11) is 0. The predicted octanol–water partition coefficient (Wildman–Crippen LogP) is 2.51. The van der Waals surface area contributed by atoms with E-state index in [4.69, 9.17) is 4.74 Å². The minimum absolute atomic E-state index is 0.00878. The maximum absolute atomic E-state index is 12.2. The fraction of sp³-hybridized carbons (Fsp3) is 0.421. The molecule has 26 heavy (non-hydrogen) atoms. The van der Waals surface area contributed by atoms with Crippen LogP contribution in [0.1, 0.15) is 33.4 Å². The molecule has 7 heteroatoms. The van der Waals surface area contributed by atoms with Crippen LogP contribution in [0.2, 0.25) is 0 Å². The number of nitrogens with one attached hydrogen (secondary N) is 2. The minimum Gasteiger partial charge on any atom is -0.451 e. The second-order valence-electron chi connectivity index (χ2n) is 7.26. The first-order valence-electron chi connectivity index (χ1n) is 8.44. The molecule has 3 amide bonds. The Balaban J connectivity index is 1.95. The number of esters is 1. The lowest BCUT2D eigenvalue weighted by atomic mass is 10.1. The van der Waals surface area contributed by atoms with Gasteiger partial charge < -0.3 is 14.6 Å². The van der Waals surface area contributed by atoms with Gasteiger partial charge in [-0.1, -0.05) is 18.2 Å². The zero-order chi connectivity index (χ0) is 19.5. The van der Waals surface area contributed by atoms with Gasteiger partial charge in [0.15, 0.2) is 6.10 Å². The molecule has 2 N–H and O–H groups in total. The third-order valence-corrected chi connectivity index (χ3v) is 3.71. The smallest absolute Gasteiger partial charge is 0.326 e. The lowest BCUT2D eigenvalue weighted by Gasteiger charge is -2.21. The van der Waals surface area contributed by atoms with Crippen LogP contribution in [0.25, 0.3) is 10.9 Å². The van der Waals surface area contributed by atoms with Crippen LogP contribution in [0.15, 0.2) is 30.3 Å². The van der Waals surface area contributed by atoms with E-state index < -0.39 is 29.6 Å². The largest absolute Gasteiger partial charge is 0.451 e. The van der Waals surface area contributed by atoms with Crippen LogP contribution >= 0.6 is 0 Å². The van der Waals surface area contributed by atoms with Crippen LogP contribution in [0.3, 0.4) is 0 Å². The molecule has 0 aliphatic heterocycles. The van der Waals surface area contributed by atoms with Crippen molar-refractivity contribution in [2.45, 2.75) is 52.8 Å². The molecule has 2 rings (SSSR count). The summed E-state index contributed by atoms with van der Waals surface area (Å²) in [6.07, 6.45) is -1.07. The molecule has 140 valence electrons. The van der Waals surface area contributed by atoms with Gasteiger partial charge in [0.2, 0.25) is 0 Å². The summed E-state index contributed by atoms with van der Waals surface area (Å²) in [5.74, 6) is -1.22. The van der Waals surface area contributed by atoms with E-state index >= 15 is 0 Å². The van der Waals surface area contributed by atoms with Crippen molar-refractivity contribution >= 4 is 28.8 Å². The van der Waals surface area contributed by atoms with Gasteiger partial charge in [-0.3, -0.25) is 14.9 Å². The Morgan fingerprint density at radius 2 is 1.85 bits per heavy atom. The van der Waals surface area contributed by atoms with E-state index in [0.717, 1.165) is 16.6 Å². The first-order chi connectivity index (χ1) is 12.1. The van der Waals surface area contributed by atoms with Crippen LogP contribution in [0.4, 0.5) is 4.79 Å². The molecule has 0 fully saturated rings. The van der Waals surface area contributed by atoms with Gasteiger partial charge >= 0.3 is 12.0 Å². The van der Waals surface area contributed by atoms with E-state index in [9.17, 15) is 14.4 Å². The Hall–Kier alpha value is -2.83. The van der Waals surface area contributed by atoms with Gasteiger partial charge in [-0.25, -0.2) is 4.79 Å². The Bertz CT molecular complexity index is 833. The van der Waals surface area contributed by atoms with E-state index in [1.54, 1.807) is 20.8 Å². The van der Waals surface area contributed by atoms with Gasteiger partial charge in [0.1, 0.15) is 6.54 Å². The van der Waals surface area contributed by atoms with Crippen LogP contribution in [-0.4, -0.2) is 34.1 Å². The summed E-state index contributed by atoms with van der Waals surface area (Å²) < 4.78 is 7.00. The summed E-state index contributed by atoms with van der Waals surface area (Å²) in [6.45, 7) is 8.71. The number of hydrogen-bond donors (Lipinski definition) is 2. The SMILES string of the molecule is Cc1cc2ccccc2n1CC(=O)OC(C)C(=O)NC(=O)NC(C)(C)C. The number of amides is 3. The van der Waals surface area contributed by atoms with Gasteiger partial charge in [0.05, 0.1) is 0 Å². The highest BCUT2D eigenvalue weighted by molar-refractivity contribution is 5.97. The van der Waals surface area contributed by atoms with Crippen molar-refractivity contribution in [2.75, 3.05) is 0 Å². The molecule has 1 heterocycles. The summed E-state index contributed by atoms with van der Waals surface area (Å²) in [5, 5.41) is 5.81. The molecule has 2 aromatic rings. The molecule has 0 aliphatic rings. The van der Waals surface area contributed by atoms with Crippen LogP contribution < -0.4 is 10.6 Å². The Labute approximate surface area is 152 Å². The summed E-state index contributed by atoms with van der Waals surface area (Å²) in [5.41, 5.74) is 1.37. The second-order valence-corrected chi connectivity index (χ2v) is 7.26. The van der Waals surface area contributed by atoms with Crippen molar-refractivity contribution in [3.63, 3.8) is 0 Å². The Kier molecular flexibility index (Phi) is 5.69. The molecule has 0 saturated heterocycles. The third-order valence-electron chi connectivity index (χ3n) is 3.71. The van der Waals surface area contributed by atoms with Crippen molar-refractivity contribution < 1.29 is 19.1 Å². The number of fused-ring (bicyclic) bond motifs is 1. The molecule has 1 aromatic heterocycles. The maximum atomic E-state index is 12.2. The van der Waals surface area contributed by atoms with Crippen molar-refractivity contribution in [2.24, 2.45) is 0 Å².